The SMILES string of the molecule is O=S(=O)(NCc1ccnc(OCc2ccccc2)c1)N1CCCCC1. The van der Waals surface area contributed by atoms with Crippen molar-refractivity contribution >= 4 is 10.2 Å². The summed E-state index contributed by atoms with van der Waals surface area (Å²) in [5, 5.41) is 0. The smallest absolute Gasteiger partial charge is 0.279 e. The van der Waals surface area contributed by atoms with Gasteiger partial charge in [0.25, 0.3) is 10.2 Å². The van der Waals surface area contributed by atoms with Crippen molar-refractivity contribution in [1.29, 1.82) is 0 Å². The van der Waals surface area contributed by atoms with Gasteiger partial charge >= 0.3 is 0 Å². The van der Waals surface area contributed by atoms with Crippen molar-refractivity contribution in [1.82, 2.24) is 14.0 Å². The summed E-state index contributed by atoms with van der Waals surface area (Å²) in [6.45, 7) is 1.84. The van der Waals surface area contributed by atoms with Crippen molar-refractivity contribution < 1.29 is 13.2 Å². The average molecular weight is 361 g/mol. The molecule has 0 saturated carbocycles. The van der Waals surface area contributed by atoms with Gasteiger partial charge in [-0.3, -0.25) is 0 Å². The first-order chi connectivity index (χ1) is 12.1. The van der Waals surface area contributed by atoms with Crippen molar-refractivity contribution in [2.75, 3.05) is 13.1 Å². The minimum atomic E-state index is -3.43. The number of hydrogen-bond donors (Lipinski definition) is 1. The second-order valence-corrected chi connectivity index (χ2v) is 7.82. The van der Waals surface area contributed by atoms with Crippen LogP contribution in [0.1, 0.15) is 30.4 Å². The molecule has 134 valence electrons. The lowest BCUT2D eigenvalue weighted by Gasteiger charge is -2.25. The molecule has 0 radical (unpaired) electrons. The number of aromatic nitrogens is 1. The maximum Gasteiger partial charge on any atom is 0.279 e. The summed E-state index contributed by atoms with van der Waals surface area (Å²) in [6.07, 6.45) is 4.57. The van der Waals surface area contributed by atoms with Gasteiger partial charge in [0.2, 0.25) is 5.88 Å². The van der Waals surface area contributed by atoms with Gasteiger partial charge in [0.05, 0.1) is 0 Å². The van der Waals surface area contributed by atoms with Crippen molar-refractivity contribution in [3.63, 3.8) is 0 Å². The maximum atomic E-state index is 12.3. The molecule has 3 rings (SSSR count). The fourth-order valence-corrected chi connectivity index (χ4v) is 4.01. The fraction of sp³-hybridized carbons (Fsp3) is 0.389. The highest BCUT2D eigenvalue weighted by Gasteiger charge is 2.23. The van der Waals surface area contributed by atoms with Gasteiger partial charge in [0.1, 0.15) is 6.61 Å². The molecule has 1 aliphatic heterocycles. The van der Waals surface area contributed by atoms with Crippen LogP contribution in [-0.4, -0.2) is 30.8 Å². The molecule has 7 heteroatoms. The third-order valence-corrected chi connectivity index (χ3v) is 5.70. The first kappa shape index (κ1) is 17.8. The molecule has 2 aromatic rings. The number of piperidine rings is 1. The zero-order valence-electron chi connectivity index (χ0n) is 14.1. The predicted molar refractivity (Wildman–Crippen MR) is 96.2 cm³/mol. The molecular weight excluding hydrogens is 338 g/mol. The van der Waals surface area contributed by atoms with E-state index in [2.05, 4.69) is 9.71 Å². The Bertz CT molecular complexity index is 775. The summed E-state index contributed by atoms with van der Waals surface area (Å²) >= 11 is 0. The van der Waals surface area contributed by atoms with Gasteiger partial charge in [0, 0.05) is 31.9 Å². The molecule has 0 amide bonds. The van der Waals surface area contributed by atoms with Crippen LogP contribution in [0.15, 0.2) is 48.7 Å². The Labute approximate surface area is 149 Å². The highest BCUT2D eigenvalue weighted by Crippen LogP contribution is 2.14. The number of nitrogens with zero attached hydrogens (tertiary/aromatic N) is 2. The molecule has 25 heavy (non-hydrogen) atoms. The Morgan fingerprint density at radius 2 is 1.80 bits per heavy atom. The van der Waals surface area contributed by atoms with E-state index in [0.717, 1.165) is 30.4 Å². The van der Waals surface area contributed by atoms with E-state index in [4.69, 9.17) is 4.74 Å². The van der Waals surface area contributed by atoms with Crippen LogP contribution in [0.4, 0.5) is 0 Å². The Morgan fingerprint density at radius 1 is 1.04 bits per heavy atom. The van der Waals surface area contributed by atoms with Gasteiger partial charge in [-0.15, -0.1) is 0 Å². The second kappa shape index (κ2) is 8.42. The maximum absolute atomic E-state index is 12.3. The predicted octanol–water partition coefficient (Wildman–Crippen LogP) is 2.48. The third-order valence-electron chi connectivity index (χ3n) is 4.14. The van der Waals surface area contributed by atoms with Crippen LogP contribution in [0.5, 0.6) is 5.88 Å². The molecule has 0 unspecified atom stereocenters. The average Bonchev–Trinajstić information content (AvgIpc) is 2.67. The lowest BCUT2D eigenvalue weighted by atomic mass is 10.2. The zero-order chi connectivity index (χ0) is 17.5. The number of pyridine rings is 1. The monoisotopic (exact) mass is 361 g/mol. The topological polar surface area (TPSA) is 71.5 Å². The largest absolute Gasteiger partial charge is 0.473 e. The summed E-state index contributed by atoms with van der Waals surface area (Å²) in [5.74, 6) is 0.485. The van der Waals surface area contributed by atoms with Gasteiger partial charge in [0.15, 0.2) is 0 Å². The molecule has 1 aliphatic rings. The molecule has 1 aromatic carbocycles. The summed E-state index contributed by atoms with van der Waals surface area (Å²) in [5.41, 5.74) is 1.87. The fourth-order valence-electron chi connectivity index (χ4n) is 2.74. The molecule has 0 spiro atoms. The Hall–Kier alpha value is -1.96. The van der Waals surface area contributed by atoms with Crippen molar-refractivity contribution in [3.05, 3.63) is 59.8 Å². The molecular formula is C18H23N3O3S. The summed E-state index contributed by atoms with van der Waals surface area (Å²) < 4.78 is 34.5. The lowest BCUT2D eigenvalue weighted by Crippen LogP contribution is -2.43. The van der Waals surface area contributed by atoms with E-state index in [1.807, 2.05) is 30.3 Å². The van der Waals surface area contributed by atoms with Crippen LogP contribution in [0.2, 0.25) is 0 Å². The zero-order valence-corrected chi connectivity index (χ0v) is 14.9. The molecule has 1 aromatic heterocycles. The van der Waals surface area contributed by atoms with Gasteiger partial charge in [-0.05, 0) is 30.0 Å². The van der Waals surface area contributed by atoms with Gasteiger partial charge < -0.3 is 4.74 Å². The van der Waals surface area contributed by atoms with E-state index in [0.29, 0.717) is 25.6 Å². The minimum Gasteiger partial charge on any atom is -0.473 e. The van der Waals surface area contributed by atoms with Crippen LogP contribution in [0, 0.1) is 0 Å². The van der Waals surface area contributed by atoms with Crippen molar-refractivity contribution in [2.45, 2.75) is 32.4 Å². The molecule has 0 aliphatic carbocycles. The number of hydrogen-bond acceptors (Lipinski definition) is 4. The Kier molecular flexibility index (Phi) is 6.01. The van der Waals surface area contributed by atoms with Gasteiger partial charge in [-0.2, -0.15) is 17.4 Å². The van der Waals surface area contributed by atoms with Crippen LogP contribution in [0.3, 0.4) is 0 Å². The number of rotatable bonds is 7. The summed E-state index contributed by atoms with van der Waals surface area (Å²) in [4.78, 5) is 4.18. The first-order valence-electron chi connectivity index (χ1n) is 8.50. The standard InChI is InChI=1S/C18H23N3O3S/c22-25(23,21-11-5-2-6-12-21)20-14-17-9-10-19-18(13-17)24-15-16-7-3-1-4-8-16/h1,3-4,7-10,13,20H,2,5-6,11-12,14-15H2. The molecule has 2 heterocycles. The molecule has 1 fully saturated rings. The van der Waals surface area contributed by atoms with Gasteiger partial charge in [-0.25, -0.2) is 4.98 Å². The van der Waals surface area contributed by atoms with Crippen LogP contribution in [0.25, 0.3) is 0 Å². The van der Waals surface area contributed by atoms with E-state index in [-0.39, 0.29) is 6.54 Å². The molecule has 0 bridgehead atoms. The van der Waals surface area contributed by atoms with Crippen molar-refractivity contribution in [3.8, 4) is 5.88 Å². The van der Waals surface area contributed by atoms with Gasteiger partial charge in [-0.1, -0.05) is 36.8 Å². The normalized spacial score (nSPS) is 15.8. The molecule has 1 saturated heterocycles. The van der Waals surface area contributed by atoms with Crippen molar-refractivity contribution in [2.24, 2.45) is 0 Å². The first-order valence-corrected chi connectivity index (χ1v) is 9.94. The minimum absolute atomic E-state index is 0.225. The number of benzene rings is 1. The molecule has 0 atom stereocenters. The van der Waals surface area contributed by atoms with Crippen LogP contribution >= 0.6 is 0 Å². The second-order valence-electron chi connectivity index (χ2n) is 6.06. The Balaban J connectivity index is 1.56. The van der Waals surface area contributed by atoms with E-state index >= 15 is 0 Å². The van der Waals surface area contributed by atoms with Crippen LogP contribution < -0.4 is 9.46 Å². The van der Waals surface area contributed by atoms with E-state index in [1.165, 1.54) is 4.31 Å². The summed E-state index contributed by atoms with van der Waals surface area (Å²) in [7, 11) is -3.43. The molecule has 1 N–H and O–H groups in total. The van der Waals surface area contributed by atoms with E-state index in [1.54, 1.807) is 18.3 Å². The summed E-state index contributed by atoms with van der Waals surface area (Å²) in [6, 6.07) is 13.4. The number of ether oxygens (including phenoxy) is 1. The lowest BCUT2D eigenvalue weighted by molar-refractivity contribution is 0.293. The highest BCUT2D eigenvalue weighted by molar-refractivity contribution is 7.87. The van der Waals surface area contributed by atoms with E-state index < -0.39 is 10.2 Å². The number of nitrogens with one attached hydrogen (secondary N) is 1. The third kappa shape index (κ3) is 5.26. The highest BCUT2D eigenvalue weighted by atomic mass is 32.2. The van der Waals surface area contributed by atoms with E-state index in [9.17, 15) is 8.42 Å². The quantitative estimate of drug-likeness (QED) is 0.822. The van der Waals surface area contributed by atoms with Crippen LogP contribution in [-0.2, 0) is 23.4 Å². The Morgan fingerprint density at radius 3 is 2.56 bits per heavy atom. The molecule has 6 nitrogen and oxygen atoms in total.